The zero-order valence-corrected chi connectivity index (χ0v) is 17.3. The van der Waals surface area contributed by atoms with Gasteiger partial charge in [0.25, 0.3) is 5.78 Å². The molecule has 28 heavy (non-hydrogen) atoms. The number of amides is 1. The van der Waals surface area contributed by atoms with E-state index < -0.39 is 0 Å². The summed E-state index contributed by atoms with van der Waals surface area (Å²) in [5.74, 6) is 1.16. The first-order valence-electron chi connectivity index (χ1n) is 8.65. The molecule has 0 saturated heterocycles. The van der Waals surface area contributed by atoms with Gasteiger partial charge in [-0.15, -0.1) is 21.5 Å². The SMILES string of the molecule is CC(=O)N(c1ccccc1)c1nc(CSc2nnc3nc(C)cc(C)n23)cs1. The Balaban J connectivity index is 1.55. The maximum atomic E-state index is 12.2. The molecule has 0 aliphatic carbocycles. The lowest BCUT2D eigenvalue weighted by atomic mass is 10.3. The van der Waals surface area contributed by atoms with Crippen LogP contribution in [0.5, 0.6) is 0 Å². The van der Waals surface area contributed by atoms with Gasteiger partial charge >= 0.3 is 0 Å². The summed E-state index contributed by atoms with van der Waals surface area (Å²) in [6.07, 6.45) is 0. The van der Waals surface area contributed by atoms with Crippen LogP contribution in [0.3, 0.4) is 0 Å². The van der Waals surface area contributed by atoms with Crippen LogP contribution in [0.2, 0.25) is 0 Å². The van der Waals surface area contributed by atoms with Crippen LogP contribution in [-0.2, 0) is 10.5 Å². The van der Waals surface area contributed by atoms with Crippen molar-refractivity contribution < 1.29 is 4.79 Å². The predicted molar refractivity (Wildman–Crippen MR) is 111 cm³/mol. The lowest BCUT2D eigenvalue weighted by molar-refractivity contribution is -0.115. The molecule has 0 spiro atoms. The number of nitrogens with zero attached hydrogens (tertiary/aromatic N) is 6. The second kappa shape index (κ2) is 7.69. The van der Waals surface area contributed by atoms with Gasteiger partial charge in [-0.25, -0.2) is 9.97 Å². The first kappa shape index (κ1) is 18.6. The fourth-order valence-electron chi connectivity index (χ4n) is 2.90. The quantitative estimate of drug-likeness (QED) is 0.460. The summed E-state index contributed by atoms with van der Waals surface area (Å²) in [6.45, 7) is 5.50. The first-order valence-corrected chi connectivity index (χ1v) is 10.5. The summed E-state index contributed by atoms with van der Waals surface area (Å²) >= 11 is 3.00. The Labute approximate surface area is 170 Å². The number of thioether (sulfide) groups is 1. The summed E-state index contributed by atoms with van der Waals surface area (Å²) in [6, 6.07) is 11.5. The number of carbonyl (C=O) groups is 1. The highest BCUT2D eigenvalue weighted by molar-refractivity contribution is 7.98. The molecule has 7 nitrogen and oxygen atoms in total. The predicted octanol–water partition coefficient (Wildman–Crippen LogP) is 4.17. The molecule has 0 N–H and O–H groups in total. The van der Waals surface area contributed by atoms with E-state index in [0.29, 0.717) is 16.7 Å². The second-order valence-corrected chi connectivity index (χ2v) is 8.04. The fourth-order valence-corrected chi connectivity index (χ4v) is 4.77. The van der Waals surface area contributed by atoms with E-state index in [1.54, 1.807) is 23.6 Å². The summed E-state index contributed by atoms with van der Waals surface area (Å²) < 4.78 is 1.94. The normalized spacial score (nSPS) is 11.1. The molecule has 1 amide bonds. The van der Waals surface area contributed by atoms with Gasteiger partial charge in [-0.3, -0.25) is 14.1 Å². The van der Waals surface area contributed by atoms with Crippen molar-refractivity contribution in [3.63, 3.8) is 0 Å². The zero-order valence-electron chi connectivity index (χ0n) is 15.7. The van der Waals surface area contributed by atoms with Gasteiger partial charge < -0.3 is 0 Å². The largest absolute Gasteiger partial charge is 0.274 e. The van der Waals surface area contributed by atoms with E-state index in [0.717, 1.165) is 27.9 Å². The molecule has 3 aromatic heterocycles. The third kappa shape index (κ3) is 3.63. The van der Waals surface area contributed by atoms with E-state index in [2.05, 4.69) is 20.2 Å². The molecule has 0 aliphatic heterocycles. The highest BCUT2D eigenvalue weighted by Crippen LogP contribution is 2.31. The van der Waals surface area contributed by atoms with E-state index >= 15 is 0 Å². The van der Waals surface area contributed by atoms with Crippen molar-refractivity contribution in [3.8, 4) is 0 Å². The minimum absolute atomic E-state index is 0.0692. The lowest BCUT2D eigenvalue weighted by Gasteiger charge is -2.17. The molecule has 4 aromatic rings. The molecule has 3 heterocycles. The minimum Gasteiger partial charge on any atom is -0.274 e. The van der Waals surface area contributed by atoms with E-state index in [1.807, 2.05) is 60.0 Å². The number of para-hydroxylation sites is 1. The zero-order chi connectivity index (χ0) is 19.7. The molecule has 4 rings (SSSR count). The number of hydrogen-bond acceptors (Lipinski definition) is 7. The maximum Gasteiger partial charge on any atom is 0.256 e. The maximum absolute atomic E-state index is 12.2. The Hall–Kier alpha value is -2.78. The molecule has 0 unspecified atom stereocenters. The van der Waals surface area contributed by atoms with Gasteiger partial charge in [-0.05, 0) is 32.0 Å². The topological polar surface area (TPSA) is 76.3 Å². The molecule has 9 heteroatoms. The van der Waals surface area contributed by atoms with Crippen LogP contribution in [0.25, 0.3) is 5.78 Å². The smallest absolute Gasteiger partial charge is 0.256 e. The lowest BCUT2D eigenvalue weighted by Crippen LogP contribution is -2.22. The van der Waals surface area contributed by atoms with Crippen molar-refractivity contribution in [2.75, 3.05) is 4.90 Å². The summed E-state index contributed by atoms with van der Waals surface area (Å²) in [5, 5.41) is 11.8. The number of benzene rings is 1. The number of rotatable bonds is 5. The Kier molecular flexibility index (Phi) is 5.10. The van der Waals surface area contributed by atoms with Crippen LogP contribution in [0.15, 0.2) is 46.9 Å². The van der Waals surface area contributed by atoms with Gasteiger partial charge in [0, 0.05) is 29.4 Å². The van der Waals surface area contributed by atoms with Crippen LogP contribution in [-0.4, -0.2) is 30.5 Å². The molecule has 0 aliphatic rings. The van der Waals surface area contributed by atoms with Gasteiger partial charge in [-0.1, -0.05) is 30.0 Å². The van der Waals surface area contributed by atoms with Crippen molar-refractivity contribution in [2.24, 2.45) is 0 Å². The average Bonchev–Trinajstić information content (AvgIpc) is 3.28. The van der Waals surface area contributed by atoms with Gasteiger partial charge in [0.2, 0.25) is 5.91 Å². The number of fused-ring (bicyclic) bond motifs is 1. The Bertz CT molecular complexity index is 1140. The minimum atomic E-state index is -0.0692. The number of aryl methyl sites for hydroxylation is 2. The molecule has 0 atom stereocenters. The van der Waals surface area contributed by atoms with Crippen LogP contribution in [0, 0.1) is 13.8 Å². The van der Waals surface area contributed by atoms with E-state index in [1.165, 1.54) is 11.3 Å². The summed E-state index contributed by atoms with van der Waals surface area (Å²) in [5.41, 5.74) is 3.66. The van der Waals surface area contributed by atoms with Crippen molar-refractivity contribution in [1.29, 1.82) is 0 Å². The summed E-state index contributed by atoms with van der Waals surface area (Å²) in [4.78, 5) is 22.9. The first-order chi connectivity index (χ1) is 13.5. The van der Waals surface area contributed by atoms with Crippen LogP contribution >= 0.6 is 23.1 Å². The highest BCUT2D eigenvalue weighted by atomic mass is 32.2. The average molecular weight is 411 g/mol. The summed E-state index contributed by atoms with van der Waals surface area (Å²) in [7, 11) is 0. The van der Waals surface area contributed by atoms with Crippen molar-refractivity contribution >= 4 is 45.6 Å². The molecule has 0 saturated carbocycles. The highest BCUT2D eigenvalue weighted by Gasteiger charge is 2.18. The van der Waals surface area contributed by atoms with E-state index in [4.69, 9.17) is 0 Å². The third-order valence-electron chi connectivity index (χ3n) is 4.07. The van der Waals surface area contributed by atoms with Gasteiger partial charge in [0.05, 0.1) is 11.4 Å². The fraction of sp³-hybridized carbons (Fsp3) is 0.211. The van der Waals surface area contributed by atoms with Crippen molar-refractivity contribution in [2.45, 2.75) is 31.7 Å². The Morgan fingerprint density at radius 1 is 1.18 bits per heavy atom. The van der Waals surface area contributed by atoms with Gasteiger partial charge in [-0.2, -0.15) is 0 Å². The van der Waals surface area contributed by atoms with Crippen LogP contribution in [0.1, 0.15) is 24.0 Å². The number of aromatic nitrogens is 5. The van der Waals surface area contributed by atoms with Crippen molar-refractivity contribution in [1.82, 2.24) is 24.6 Å². The molecular formula is C19H18N6OS2. The molecule has 1 aromatic carbocycles. The van der Waals surface area contributed by atoms with Crippen LogP contribution in [0.4, 0.5) is 10.8 Å². The van der Waals surface area contributed by atoms with Gasteiger partial charge in [0.1, 0.15) is 0 Å². The standard InChI is InChI=1S/C19H18N6OS2/c1-12-9-13(2)24-17(20-12)22-23-19(24)28-11-15-10-27-18(21-15)25(14(3)26)16-7-5-4-6-8-16/h4-10H,11H2,1-3H3. The van der Waals surface area contributed by atoms with E-state index in [9.17, 15) is 4.79 Å². The molecule has 0 radical (unpaired) electrons. The monoisotopic (exact) mass is 410 g/mol. The van der Waals surface area contributed by atoms with E-state index in [-0.39, 0.29) is 5.91 Å². The molecule has 0 bridgehead atoms. The van der Waals surface area contributed by atoms with Crippen LogP contribution < -0.4 is 4.90 Å². The number of anilines is 2. The number of thiazole rings is 1. The molecule has 0 fully saturated rings. The Morgan fingerprint density at radius 2 is 1.96 bits per heavy atom. The Morgan fingerprint density at radius 3 is 2.71 bits per heavy atom. The number of hydrogen-bond donors (Lipinski definition) is 0. The number of carbonyl (C=O) groups excluding carboxylic acids is 1. The van der Waals surface area contributed by atoms with Gasteiger partial charge in [0.15, 0.2) is 10.3 Å². The van der Waals surface area contributed by atoms with Crippen molar-refractivity contribution in [3.05, 3.63) is 58.9 Å². The second-order valence-electron chi connectivity index (χ2n) is 6.26. The third-order valence-corrected chi connectivity index (χ3v) is 5.91. The molecular weight excluding hydrogens is 392 g/mol. The molecule has 142 valence electrons.